The van der Waals surface area contributed by atoms with Gasteiger partial charge < -0.3 is 15.2 Å². The van der Waals surface area contributed by atoms with Crippen LogP contribution < -0.4 is 5.32 Å². The Labute approximate surface area is 92.0 Å². The molecule has 0 saturated carbocycles. The molecule has 0 aromatic carbocycles. The van der Waals surface area contributed by atoms with Gasteiger partial charge in [-0.1, -0.05) is 13.8 Å². The van der Waals surface area contributed by atoms with E-state index in [1.54, 1.807) is 6.92 Å². The van der Waals surface area contributed by atoms with Gasteiger partial charge in [0.2, 0.25) is 0 Å². The van der Waals surface area contributed by atoms with Gasteiger partial charge in [0.15, 0.2) is 0 Å². The molecule has 90 valence electrons. The topological polar surface area (TPSA) is 58.6 Å². The van der Waals surface area contributed by atoms with Crippen molar-refractivity contribution in [2.24, 2.45) is 5.41 Å². The van der Waals surface area contributed by atoms with Gasteiger partial charge in [-0.2, -0.15) is 0 Å². The number of nitrogens with one attached hydrogen (secondary N) is 1. The maximum atomic E-state index is 11.0. The summed E-state index contributed by atoms with van der Waals surface area (Å²) >= 11 is 0. The minimum atomic E-state index is -0.162. The summed E-state index contributed by atoms with van der Waals surface area (Å²) in [6.07, 6.45) is 1.17. The molecule has 0 aliphatic heterocycles. The van der Waals surface area contributed by atoms with Crippen LogP contribution in [0.5, 0.6) is 0 Å². The highest BCUT2D eigenvalue weighted by atomic mass is 16.5. The normalized spacial score (nSPS) is 11.5. The molecule has 4 nitrogen and oxygen atoms in total. The third-order valence-corrected chi connectivity index (χ3v) is 2.20. The fraction of sp³-hybridized carbons (Fsp3) is 0.909. The van der Waals surface area contributed by atoms with E-state index in [4.69, 9.17) is 9.84 Å². The molecule has 0 atom stereocenters. The van der Waals surface area contributed by atoms with Gasteiger partial charge in [-0.3, -0.25) is 4.79 Å². The summed E-state index contributed by atoms with van der Waals surface area (Å²) in [5, 5.41) is 12.0. The van der Waals surface area contributed by atoms with E-state index in [9.17, 15) is 4.79 Å². The largest absolute Gasteiger partial charge is 0.466 e. The van der Waals surface area contributed by atoms with Crippen LogP contribution in [0.2, 0.25) is 0 Å². The number of hydrogen-bond donors (Lipinski definition) is 2. The predicted octanol–water partition coefficient (Wildman–Crippen LogP) is 0.938. The second-order valence-corrected chi connectivity index (χ2v) is 4.37. The van der Waals surface area contributed by atoms with Crippen LogP contribution in [0, 0.1) is 5.41 Å². The lowest BCUT2D eigenvalue weighted by Crippen LogP contribution is -2.31. The highest BCUT2D eigenvalue weighted by Crippen LogP contribution is 2.17. The van der Waals surface area contributed by atoms with E-state index in [-0.39, 0.29) is 18.0 Å². The molecule has 0 aliphatic rings. The van der Waals surface area contributed by atoms with Gasteiger partial charge in [-0.25, -0.2) is 0 Å². The zero-order valence-corrected chi connectivity index (χ0v) is 10.0. The minimum absolute atomic E-state index is 0.0728. The molecule has 0 aromatic heterocycles. The van der Waals surface area contributed by atoms with E-state index in [0.29, 0.717) is 19.6 Å². The second kappa shape index (κ2) is 7.65. The molecule has 0 spiro atoms. The van der Waals surface area contributed by atoms with Gasteiger partial charge in [0.25, 0.3) is 0 Å². The zero-order valence-electron chi connectivity index (χ0n) is 10.0. The lowest BCUT2D eigenvalue weighted by Gasteiger charge is -2.23. The van der Waals surface area contributed by atoms with Crippen LogP contribution in [0.3, 0.4) is 0 Å². The summed E-state index contributed by atoms with van der Waals surface area (Å²) in [5.41, 5.74) is 0.0728. The smallest absolute Gasteiger partial charge is 0.307 e. The maximum absolute atomic E-state index is 11.0. The summed E-state index contributed by atoms with van der Waals surface area (Å²) in [4.78, 5) is 11.0. The number of rotatable bonds is 8. The monoisotopic (exact) mass is 217 g/mol. The number of esters is 1. The number of aliphatic hydroxyl groups is 1. The molecule has 15 heavy (non-hydrogen) atoms. The molecule has 0 rings (SSSR count). The number of hydrogen-bond acceptors (Lipinski definition) is 4. The second-order valence-electron chi connectivity index (χ2n) is 4.37. The average Bonchev–Trinajstić information content (AvgIpc) is 2.13. The van der Waals surface area contributed by atoms with E-state index >= 15 is 0 Å². The molecule has 2 N–H and O–H groups in total. The van der Waals surface area contributed by atoms with Gasteiger partial charge in [0.05, 0.1) is 13.0 Å². The Kier molecular flexibility index (Phi) is 7.34. The lowest BCUT2D eigenvalue weighted by molar-refractivity contribution is -0.143. The summed E-state index contributed by atoms with van der Waals surface area (Å²) in [7, 11) is 0. The van der Waals surface area contributed by atoms with E-state index in [1.807, 2.05) is 0 Å². The highest BCUT2D eigenvalue weighted by Gasteiger charge is 2.16. The third kappa shape index (κ3) is 8.39. The van der Waals surface area contributed by atoms with E-state index in [0.717, 1.165) is 13.0 Å². The van der Waals surface area contributed by atoms with Crippen LogP contribution in [-0.2, 0) is 9.53 Å². The summed E-state index contributed by atoms with van der Waals surface area (Å²) in [6, 6.07) is 0. The van der Waals surface area contributed by atoms with Crippen molar-refractivity contribution in [2.75, 3.05) is 26.3 Å². The average molecular weight is 217 g/mol. The van der Waals surface area contributed by atoms with Gasteiger partial charge in [-0.05, 0) is 18.8 Å². The van der Waals surface area contributed by atoms with Crippen molar-refractivity contribution >= 4 is 5.97 Å². The molecule has 0 aromatic rings. The first-order valence-electron chi connectivity index (χ1n) is 5.49. The van der Waals surface area contributed by atoms with Crippen LogP contribution in [0.25, 0.3) is 0 Å². The Morgan fingerprint density at radius 3 is 2.67 bits per heavy atom. The Morgan fingerprint density at radius 2 is 2.13 bits per heavy atom. The molecule has 0 fully saturated rings. The van der Waals surface area contributed by atoms with Gasteiger partial charge in [-0.15, -0.1) is 0 Å². The van der Waals surface area contributed by atoms with Gasteiger partial charge in [0, 0.05) is 19.7 Å². The Morgan fingerprint density at radius 1 is 1.47 bits per heavy atom. The van der Waals surface area contributed by atoms with Crippen molar-refractivity contribution in [1.29, 1.82) is 0 Å². The molecule has 0 radical (unpaired) electrons. The minimum Gasteiger partial charge on any atom is -0.466 e. The molecule has 0 heterocycles. The third-order valence-electron chi connectivity index (χ3n) is 2.20. The Hall–Kier alpha value is -0.610. The first-order valence-corrected chi connectivity index (χ1v) is 5.49. The fourth-order valence-electron chi connectivity index (χ4n) is 1.24. The summed E-state index contributed by atoms with van der Waals surface area (Å²) in [6.45, 7) is 8.04. The molecular formula is C11H23NO3. The van der Waals surface area contributed by atoms with Crippen molar-refractivity contribution in [1.82, 2.24) is 5.32 Å². The standard InChI is InChI=1S/C11H23NO3/c1-4-15-10(14)5-7-12-9-11(2,3)6-8-13/h12-13H,4-9H2,1-3H3. The molecule has 4 heteroatoms. The zero-order chi connectivity index (χ0) is 11.7. The molecule has 0 bridgehead atoms. The molecule has 0 unspecified atom stereocenters. The van der Waals surface area contributed by atoms with E-state index in [1.165, 1.54) is 0 Å². The Bertz CT molecular complexity index is 181. The Balaban J connectivity index is 3.49. The van der Waals surface area contributed by atoms with Crippen molar-refractivity contribution in [3.8, 4) is 0 Å². The fourth-order valence-corrected chi connectivity index (χ4v) is 1.24. The van der Waals surface area contributed by atoms with Crippen molar-refractivity contribution in [3.05, 3.63) is 0 Å². The molecular weight excluding hydrogens is 194 g/mol. The van der Waals surface area contributed by atoms with Crippen LogP contribution >= 0.6 is 0 Å². The lowest BCUT2D eigenvalue weighted by atomic mass is 9.90. The highest BCUT2D eigenvalue weighted by molar-refractivity contribution is 5.69. The van der Waals surface area contributed by atoms with Crippen molar-refractivity contribution in [2.45, 2.75) is 33.6 Å². The van der Waals surface area contributed by atoms with E-state index in [2.05, 4.69) is 19.2 Å². The number of carbonyl (C=O) groups is 1. The van der Waals surface area contributed by atoms with Crippen LogP contribution in [-0.4, -0.2) is 37.4 Å². The summed E-state index contributed by atoms with van der Waals surface area (Å²) < 4.78 is 4.80. The van der Waals surface area contributed by atoms with Crippen molar-refractivity contribution < 1.29 is 14.6 Å². The van der Waals surface area contributed by atoms with Gasteiger partial charge >= 0.3 is 5.97 Å². The van der Waals surface area contributed by atoms with Gasteiger partial charge in [0.1, 0.15) is 0 Å². The van der Waals surface area contributed by atoms with Crippen LogP contribution in [0.15, 0.2) is 0 Å². The SMILES string of the molecule is CCOC(=O)CCNCC(C)(C)CCO. The quantitative estimate of drug-likeness (QED) is 0.469. The summed E-state index contributed by atoms with van der Waals surface area (Å²) in [5.74, 6) is -0.162. The maximum Gasteiger partial charge on any atom is 0.307 e. The first-order chi connectivity index (χ1) is 7.02. The number of ether oxygens (including phenoxy) is 1. The first kappa shape index (κ1) is 14.4. The van der Waals surface area contributed by atoms with Crippen molar-refractivity contribution in [3.63, 3.8) is 0 Å². The molecule has 0 saturated heterocycles. The molecule has 0 amide bonds. The van der Waals surface area contributed by atoms with E-state index < -0.39 is 0 Å². The predicted molar refractivity (Wildman–Crippen MR) is 59.6 cm³/mol. The number of aliphatic hydroxyl groups excluding tert-OH is 1. The number of carbonyl (C=O) groups excluding carboxylic acids is 1. The molecule has 0 aliphatic carbocycles. The van der Waals surface area contributed by atoms with Crippen LogP contribution in [0.4, 0.5) is 0 Å². The van der Waals surface area contributed by atoms with Crippen LogP contribution in [0.1, 0.15) is 33.6 Å².